The second-order valence-corrected chi connectivity index (χ2v) is 3.91. The van der Waals surface area contributed by atoms with Crippen molar-refractivity contribution in [2.24, 2.45) is 5.73 Å². The molecule has 0 bridgehead atoms. The zero-order valence-electron chi connectivity index (χ0n) is 9.24. The van der Waals surface area contributed by atoms with Gasteiger partial charge in [0.2, 0.25) is 0 Å². The predicted molar refractivity (Wildman–Crippen MR) is 62.0 cm³/mol. The van der Waals surface area contributed by atoms with Crippen molar-refractivity contribution < 1.29 is 4.79 Å². The first kappa shape index (κ1) is 10.4. The minimum atomic E-state index is -0.497. The number of aromatic amines is 1. The summed E-state index contributed by atoms with van der Waals surface area (Å²) in [5, 5.41) is 6.68. The highest BCUT2D eigenvalue weighted by Crippen LogP contribution is 2.20. The molecule has 0 aliphatic carbocycles. The summed E-state index contributed by atoms with van der Waals surface area (Å²) in [5.74, 6) is -0.497. The minimum absolute atomic E-state index is 0.328. The maximum absolute atomic E-state index is 10.9. The first-order valence-electron chi connectivity index (χ1n) is 5.00. The average molecular weight is 215 g/mol. The number of primary amides is 1. The van der Waals surface area contributed by atoms with Crippen LogP contribution in [-0.4, -0.2) is 16.1 Å². The number of H-pyrrole nitrogens is 1. The van der Waals surface area contributed by atoms with E-state index >= 15 is 0 Å². The highest BCUT2D eigenvalue weighted by molar-refractivity contribution is 5.91. The van der Waals surface area contributed by atoms with Gasteiger partial charge in [0.25, 0.3) is 5.91 Å². The van der Waals surface area contributed by atoms with Gasteiger partial charge in [-0.15, -0.1) is 0 Å². The molecule has 4 heteroatoms. The fourth-order valence-corrected chi connectivity index (χ4v) is 1.72. The molecule has 82 valence electrons. The highest BCUT2D eigenvalue weighted by Gasteiger charge is 2.08. The van der Waals surface area contributed by atoms with Gasteiger partial charge in [-0.2, -0.15) is 5.10 Å². The maximum Gasteiger partial charge on any atom is 0.266 e. The van der Waals surface area contributed by atoms with Crippen molar-refractivity contribution in [3.63, 3.8) is 0 Å². The number of hydrogen-bond acceptors (Lipinski definition) is 2. The molecule has 1 heterocycles. The van der Waals surface area contributed by atoms with Gasteiger partial charge in [-0.25, -0.2) is 0 Å². The van der Waals surface area contributed by atoms with E-state index in [0.29, 0.717) is 5.69 Å². The predicted octanol–water partition coefficient (Wildman–Crippen LogP) is 1.79. The lowest BCUT2D eigenvalue weighted by Gasteiger charge is -2.01. The fraction of sp³-hybridized carbons (Fsp3) is 0.167. The van der Waals surface area contributed by atoms with Crippen molar-refractivity contribution >= 4 is 5.91 Å². The van der Waals surface area contributed by atoms with Crippen molar-refractivity contribution in [2.75, 3.05) is 0 Å². The average Bonchev–Trinajstić information content (AvgIpc) is 2.64. The van der Waals surface area contributed by atoms with Crippen LogP contribution in [0.4, 0.5) is 0 Å². The van der Waals surface area contributed by atoms with E-state index < -0.39 is 5.91 Å². The van der Waals surface area contributed by atoms with Crippen LogP contribution < -0.4 is 5.73 Å². The van der Waals surface area contributed by atoms with Crippen LogP contribution in [0.3, 0.4) is 0 Å². The van der Waals surface area contributed by atoms with E-state index in [0.717, 1.165) is 11.3 Å². The Morgan fingerprint density at radius 2 is 1.81 bits per heavy atom. The van der Waals surface area contributed by atoms with Gasteiger partial charge in [0.1, 0.15) is 5.69 Å². The Morgan fingerprint density at radius 1 is 1.19 bits per heavy atom. The molecule has 0 unspecified atom stereocenters. The second-order valence-electron chi connectivity index (χ2n) is 3.91. The number of nitrogens with one attached hydrogen (secondary N) is 1. The van der Waals surface area contributed by atoms with Crippen LogP contribution in [0.2, 0.25) is 0 Å². The number of amides is 1. The van der Waals surface area contributed by atoms with Crippen LogP contribution in [0.1, 0.15) is 21.6 Å². The van der Waals surface area contributed by atoms with E-state index in [1.165, 1.54) is 11.1 Å². The Hall–Kier alpha value is -2.10. The normalized spacial score (nSPS) is 10.4. The SMILES string of the molecule is Cc1cc(C)cc(-c2cc(C(N)=O)[nH]n2)c1. The van der Waals surface area contributed by atoms with E-state index in [1.807, 2.05) is 26.0 Å². The third kappa shape index (κ3) is 1.95. The van der Waals surface area contributed by atoms with Crippen LogP contribution in [0.25, 0.3) is 11.3 Å². The van der Waals surface area contributed by atoms with Crippen LogP contribution in [-0.2, 0) is 0 Å². The molecule has 3 N–H and O–H groups in total. The summed E-state index contributed by atoms with van der Waals surface area (Å²) in [6, 6.07) is 7.80. The van der Waals surface area contributed by atoms with Crippen LogP contribution in [0, 0.1) is 13.8 Å². The molecule has 0 spiro atoms. The lowest BCUT2D eigenvalue weighted by atomic mass is 10.1. The second kappa shape index (κ2) is 3.81. The van der Waals surface area contributed by atoms with Gasteiger partial charge < -0.3 is 5.73 Å². The number of carbonyl (C=O) groups excluding carboxylic acids is 1. The molecule has 4 nitrogen and oxygen atoms in total. The van der Waals surface area contributed by atoms with E-state index in [4.69, 9.17) is 5.73 Å². The first-order chi connectivity index (χ1) is 7.56. The molecule has 0 fully saturated rings. The summed E-state index contributed by atoms with van der Waals surface area (Å²) >= 11 is 0. The summed E-state index contributed by atoms with van der Waals surface area (Å²) in [4.78, 5) is 10.9. The highest BCUT2D eigenvalue weighted by atomic mass is 16.1. The molecular weight excluding hydrogens is 202 g/mol. The third-order valence-electron chi connectivity index (χ3n) is 2.36. The quantitative estimate of drug-likeness (QED) is 0.801. The van der Waals surface area contributed by atoms with Gasteiger partial charge >= 0.3 is 0 Å². The molecule has 1 aromatic heterocycles. The molecule has 2 rings (SSSR count). The fourth-order valence-electron chi connectivity index (χ4n) is 1.72. The maximum atomic E-state index is 10.9. The van der Waals surface area contributed by atoms with Gasteiger partial charge in [-0.3, -0.25) is 9.89 Å². The van der Waals surface area contributed by atoms with Crippen LogP contribution in [0.15, 0.2) is 24.3 Å². The van der Waals surface area contributed by atoms with E-state index in [-0.39, 0.29) is 0 Å². The third-order valence-corrected chi connectivity index (χ3v) is 2.36. The van der Waals surface area contributed by atoms with E-state index in [1.54, 1.807) is 6.07 Å². The Bertz CT molecular complexity index is 523. The van der Waals surface area contributed by atoms with Crippen molar-refractivity contribution in [3.8, 4) is 11.3 Å². The zero-order chi connectivity index (χ0) is 11.7. The molecule has 0 saturated carbocycles. The zero-order valence-corrected chi connectivity index (χ0v) is 9.24. The topological polar surface area (TPSA) is 71.8 Å². The number of nitrogens with zero attached hydrogens (tertiary/aromatic N) is 1. The number of carbonyl (C=O) groups is 1. The largest absolute Gasteiger partial charge is 0.364 e. The van der Waals surface area contributed by atoms with Gasteiger partial charge in [0, 0.05) is 5.56 Å². The smallest absolute Gasteiger partial charge is 0.266 e. The number of aryl methyl sites for hydroxylation is 2. The Balaban J connectivity index is 2.46. The van der Waals surface area contributed by atoms with Crippen molar-refractivity contribution in [1.82, 2.24) is 10.2 Å². The summed E-state index contributed by atoms with van der Waals surface area (Å²) in [6.07, 6.45) is 0. The molecule has 1 amide bonds. The van der Waals surface area contributed by atoms with E-state index in [2.05, 4.69) is 16.3 Å². The summed E-state index contributed by atoms with van der Waals surface area (Å²) in [7, 11) is 0. The molecule has 0 saturated heterocycles. The molecule has 0 radical (unpaired) electrons. The van der Waals surface area contributed by atoms with Crippen molar-refractivity contribution in [3.05, 3.63) is 41.1 Å². The van der Waals surface area contributed by atoms with Gasteiger partial charge in [-0.1, -0.05) is 17.2 Å². The van der Waals surface area contributed by atoms with E-state index in [9.17, 15) is 4.79 Å². The Kier molecular flexibility index (Phi) is 2.48. The monoisotopic (exact) mass is 215 g/mol. The van der Waals surface area contributed by atoms with Crippen molar-refractivity contribution in [1.29, 1.82) is 0 Å². The first-order valence-corrected chi connectivity index (χ1v) is 5.00. The van der Waals surface area contributed by atoms with Crippen molar-refractivity contribution in [2.45, 2.75) is 13.8 Å². The van der Waals surface area contributed by atoms with Gasteiger partial charge in [0.15, 0.2) is 0 Å². The molecular formula is C12H13N3O. The lowest BCUT2D eigenvalue weighted by Crippen LogP contribution is -2.10. The summed E-state index contributed by atoms with van der Waals surface area (Å²) < 4.78 is 0. The van der Waals surface area contributed by atoms with Crippen LogP contribution >= 0.6 is 0 Å². The number of aromatic nitrogens is 2. The molecule has 0 atom stereocenters. The van der Waals surface area contributed by atoms with Gasteiger partial charge in [-0.05, 0) is 32.0 Å². The number of benzene rings is 1. The minimum Gasteiger partial charge on any atom is -0.364 e. The Morgan fingerprint density at radius 3 is 2.31 bits per heavy atom. The summed E-state index contributed by atoms with van der Waals surface area (Å²) in [6.45, 7) is 4.05. The Labute approximate surface area is 93.5 Å². The molecule has 1 aromatic carbocycles. The molecule has 0 aliphatic rings. The number of nitrogens with two attached hydrogens (primary N) is 1. The summed E-state index contributed by atoms with van der Waals surface area (Å²) in [5.41, 5.74) is 9.54. The number of hydrogen-bond donors (Lipinski definition) is 2. The molecule has 0 aliphatic heterocycles. The lowest BCUT2D eigenvalue weighted by molar-refractivity contribution is 0.0995. The van der Waals surface area contributed by atoms with Crippen LogP contribution in [0.5, 0.6) is 0 Å². The molecule has 16 heavy (non-hydrogen) atoms. The number of rotatable bonds is 2. The molecule has 2 aromatic rings. The standard InChI is InChI=1S/C12H13N3O/c1-7-3-8(2)5-9(4-7)10-6-11(12(13)16)15-14-10/h3-6H,1-2H3,(H2,13,16)(H,14,15). The van der Waals surface area contributed by atoms with Gasteiger partial charge in [0.05, 0.1) is 5.69 Å².